The van der Waals surface area contributed by atoms with Gasteiger partial charge in [0.15, 0.2) is 0 Å². The predicted molar refractivity (Wildman–Crippen MR) is 125 cm³/mol. The fraction of sp³-hybridized carbons (Fsp3) is 0.160. The van der Waals surface area contributed by atoms with Crippen LogP contribution in [-0.4, -0.2) is 36.3 Å². The van der Waals surface area contributed by atoms with Crippen molar-refractivity contribution in [1.29, 1.82) is 0 Å². The minimum absolute atomic E-state index is 0.0740. The first-order valence-electron chi connectivity index (χ1n) is 10.4. The van der Waals surface area contributed by atoms with Crippen molar-refractivity contribution in [3.8, 4) is 0 Å². The molecule has 33 heavy (non-hydrogen) atoms. The fourth-order valence-corrected chi connectivity index (χ4v) is 3.08. The second kappa shape index (κ2) is 11.4. The fourth-order valence-electron chi connectivity index (χ4n) is 3.08. The number of anilines is 2. The summed E-state index contributed by atoms with van der Waals surface area (Å²) in [5.41, 5.74) is 2.10. The largest absolute Gasteiger partial charge is 0.337 e. The molecule has 3 N–H and O–H groups in total. The molecule has 0 radical (unpaired) electrons. The Morgan fingerprint density at radius 1 is 0.848 bits per heavy atom. The van der Waals surface area contributed by atoms with Gasteiger partial charge in [-0.2, -0.15) is 0 Å². The summed E-state index contributed by atoms with van der Waals surface area (Å²) in [7, 11) is 1.68. The highest BCUT2D eigenvalue weighted by Crippen LogP contribution is 2.15. The SMILES string of the molecule is CN(Cc1ccccc1)C(=O)NCCC(=O)Nc1cccc(C(=O)Nc2cccc(F)c2)c1. The first-order valence-corrected chi connectivity index (χ1v) is 10.4. The van der Waals surface area contributed by atoms with E-state index in [-0.39, 0.29) is 24.9 Å². The first kappa shape index (κ1) is 23.5. The summed E-state index contributed by atoms with van der Waals surface area (Å²) in [6.07, 6.45) is 0.0740. The minimum atomic E-state index is -0.452. The van der Waals surface area contributed by atoms with Crippen LogP contribution >= 0.6 is 0 Å². The topological polar surface area (TPSA) is 90.5 Å². The average molecular weight is 448 g/mol. The highest BCUT2D eigenvalue weighted by molar-refractivity contribution is 6.05. The summed E-state index contributed by atoms with van der Waals surface area (Å²) in [4.78, 5) is 38.4. The molecule has 0 spiro atoms. The lowest BCUT2D eigenvalue weighted by atomic mass is 10.1. The molecular weight excluding hydrogens is 423 g/mol. The smallest absolute Gasteiger partial charge is 0.317 e. The van der Waals surface area contributed by atoms with Crippen LogP contribution in [0.1, 0.15) is 22.3 Å². The third-order valence-electron chi connectivity index (χ3n) is 4.73. The van der Waals surface area contributed by atoms with Gasteiger partial charge in [-0.15, -0.1) is 0 Å². The number of hydrogen-bond donors (Lipinski definition) is 3. The molecule has 7 nitrogen and oxygen atoms in total. The molecule has 170 valence electrons. The van der Waals surface area contributed by atoms with E-state index in [9.17, 15) is 18.8 Å². The van der Waals surface area contributed by atoms with Gasteiger partial charge in [0.1, 0.15) is 5.82 Å². The van der Waals surface area contributed by atoms with E-state index in [0.717, 1.165) is 5.56 Å². The molecule has 0 aliphatic rings. The molecule has 0 saturated carbocycles. The van der Waals surface area contributed by atoms with Crippen molar-refractivity contribution >= 4 is 29.2 Å². The van der Waals surface area contributed by atoms with Crippen molar-refractivity contribution in [1.82, 2.24) is 10.2 Å². The van der Waals surface area contributed by atoms with Crippen molar-refractivity contribution in [3.63, 3.8) is 0 Å². The van der Waals surface area contributed by atoms with Crippen LogP contribution in [0.2, 0.25) is 0 Å². The molecule has 4 amide bonds. The molecule has 0 saturated heterocycles. The Morgan fingerprint density at radius 2 is 1.55 bits per heavy atom. The van der Waals surface area contributed by atoms with Gasteiger partial charge in [0.25, 0.3) is 5.91 Å². The van der Waals surface area contributed by atoms with Crippen molar-refractivity contribution in [3.05, 3.63) is 95.8 Å². The van der Waals surface area contributed by atoms with Crippen LogP contribution in [0.25, 0.3) is 0 Å². The van der Waals surface area contributed by atoms with Crippen LogP contribution in [0.5, 0.6) is 0 Å². The number of carbonyl (C=O) groups excluding carboxylic acids is 3. The number of nitrogens with one attached hydrogen (secondary N) is 3. The van der Waals surface area contributed by atoms with Crippen LogP contribution in [-0.2, 0) is 11.3 Å². The number of amides is 4. The first-order chi connectivity index (χ1) is 15.9. The zero-order valence-corrected chi connectivity index (χ0v) is 18.2. The third kappa shape index (κ3) is 7.46. The minimum Gasteiger partial charge on any atom is -0.337 e. The summed E-state index contributed by atoms with van der Waals surface area (Å²) in [6, 6.07) is 21.3. The molecule has 0 aromatic heterocycles. The second-order valence-corrected chi connectivity index (χ2v) is 7.42. The van der Waals surface area contributed by atoms with Crippen molar-refractivity contribution in [2.45, 2.75) is 13.0 Å². The maximum atomic E-state index is 13.3. The van der Waals surface area contributed by atoms with Crippen LogP contribution in [0.15, 0.2) is 78.9 Å². The maximum absolute atomic E-state index is 13.3. The van der Waals surface area contributed by atoms with E-state index < -0.39 is 11.7 Å². The Bertz CT molecular complexity index is 1120. The van der Waals surface area contributed by atoms with E-state index in [1.165, 1.54) is 29.2 Å². The zero-order valence-electron chi connectivity index (χ0n) is 18.2. The van der Waals surface area contributed by atoms with Gasteiger partial charge in [-0.1, -0.05) is 42.5 Å². The van der Waals surface area contributed by atoms with E-state index in [0.29, 0.717) is 23.5 Å². The Kier molecular flexibility index (Phi) is 8.13. The molecule has 0 fully saturated rings. The third-order valence-corrected chi connectivity index (χ3v) is 4.73. The van der Waals surface area contributed by atoms with Crippen LogP contribution in [0, 0.1) is 5.82 Å². The number of halogens is 1. The number of benzene rings is 3. The molecule has 3 rings (SSSR count). The molecule has 0 aliphatic heterocycles. The summed E-state index contributed by atoms with van der Waals surface area (Å²) >= 11 is 0. The molecule has 3 aromatic rings. The summed E-state index contributed by atoms with van der Waals surface area (Å²) in [5.74, 6) is -1.18. The second-order valence-electron chi connectivity index (χ2n) is 7.42. The van der Waals surface area contributed by atoms with Crippen LogP contribution < -0.4 is 16.0 Å². The molecule has 0 bridgehead atoms. The quantitative estimate of drug-likeness (QED) is 0.481. The Morgan fingerprint density at radius 3 is 2.27 bits per heavy atom. The maximum Gasteiger partial charge on any atom is 0.317 e. The van der Waals surface area contributed by atoms with Crippen molar-refractivity contribution in [2.24, 2.45) is 0 Å². The van der Waals surface area contributed by atoms with Gasteiger partial charge in [0, 0.05) is 43.5 Å². The van der Waals surface area contributed by atoms with Crippen LogP contribution in [0.4, 0.5) is 20.6 Å². The van der Waals surface area contributed by atoms with Gasteiger partial charge >= 0.3 is 6.03 Å². The standard InChI is InChI=1S/C25H25FN4O3/c1-30(17-18-7-3-2-4-8-18)25(33)27-14-13-23(31)28-21-11-5-9-19(15-21)24(32)29-22-12-6-10-20(26)16-22/h2-12,15-16H,13-14,17H2,1H3,(H,27,33)(H,28,31)(H,29,32). The van der Waals surface area contributed by atoms with Crippen molar-refractivity contribution < 1.29 is 18.8 Å². The number of hydrogen-bond acceptors (Lipinski definition) is 3. The predicted octanol–water partition coefficient (Wildman–Crippen LogP) is 4.25. The van der Waals surface area contributed by atoms with Crippen LogP contribution in [0.3, 0.4) is 0 Å². The monoisotopic (exact) mass is 448 g/mol. The molecule has 3 aromatic carbocycles. The molecule has 0 unspecified atom stereocenters. The number of nitrogens with zero attached hydrogens (tertiary/aromatic N) is 1. The molecular formula is C25H25FN4O3. The van der Waals surface area contributed by atoms with Crippen molar-refractivity contribution in [2.75, 3.05) is 24.2 Å². The average Bonchev–Trinajstić information content (AvgIpc) is 2.80. The van der Waals surface area contributed by atoms with E-state index in [1.54, 1.807) is 31.3 Å². The van der Waals surface area contributed by atoms with Gasteiger partial charge < -0.3 is 20.9 Å². The number of urea groups is 1. The lowest BCUT2D eigenvalue weighted by Gasteiger charge is -2.18. The normalized spacial score (nSPS) is 10.2. The van der Waals surface area contributed by atoms with Gasteiger partial charge in [0.05, 0.1) is 0 Å². The Balaban J connectivity index is 1.45. The number of rotatable bonds is 8. The van der Waals surface area contributed by atoms with E-state index >= 15 is 0 Å². The number of carbonyl (C=O) groups is 3. The molecule has 8 heteroatoms. The highest BCUT2D eigenvalue weighted by atomic mass is 19.1. The summed E-state index contributed by atoms with van der Waals surface area (Å²) < 4.78 is 13.3. The summed E-state index contributed by atoms with van der Waals surface area (Å²) in [5, 5.41) is 8.03. The highest BCUT2D eigenvalue weighted by Gasteiger charge is 2.11. The lowest BCUT2D eigenvalue weighted by molar-refractivity contribution is -0.116. The van der Waals surface area contributed by atoms with Gasteiger partial charge in [-0.25, -0.2) is 9.18 Å². The molecule has 0 heterocycles. The lowest BCUT2D eigenvalue weighted by Crippen LogP contribution is -2.38. The Labute approximate surface area is 191 Å². The Hall–Kier alpha value is -4.20. The molecule has 0 atom stereocenters. The van der Waals surface area contributed by atoms with Gasteiger partial charge in [-0.05, 0) is 42.0 Å². The van der Waals surface area contributed by atoms with Gasteiger partial charge in [0.2, 0.25) is 5.91 Å². The van der Waals surface area contributed by atoms with E-state index in [1.807, 2.05) is 30.3 Å². The molecule has 0 aliphatic carbocycles. The van der Waals surface area contributed by atoms with Gasteiger partial charge in [-0.3, -0.25) is 9.59 Å². The summed E-state index contributed by atoms with van der Waals surface area (Å²) in [6.45, 7) is 0.632. The van der Waals surface area contributed by atoms with E-state index in [4.69, 9.17) is 0 Å². The van der Waals surface area contributed by atoms with E-state index in [2.05, 4.69) is 16.0 Å². The zero-order chi connectivity index (χ0) is 23.6.